The standard InChI is InChI=1S/C12H16N2O5/c1-18-8-2-3-9(10(15)6-8)12(17)14-4-5-19-7-11(13)16/h2-3,6,15H,4-5,7H2,1H3,(H2,13,16)(H,14,17). The topological polar surface area (TPSA) is 111 Å². The number of phenolic OH excluding ortho intramolecular Hbond substituents is 1. The van der Waals surface area contributed by atoms with Gasteiger partial charge in [-0.05, 0) is 12.1 Å². The smallest absolute Gasteiger partial charge is 0.255 e. The predicted octanol–water partition coefficient (Wildman–Crippen LogP) is -0.367. The third-order valence-electron chi connectivity index (χ3n) is 2.23. The van der Waals surface area contributed by atoms with Gasteiger partial charge >= 0.3 is 0 Å². The number of hydrogen-bond acceptors (Lipinski definition) is 5. The second-order valence-corrected chi connectivity index (χ2v) is 3.66. The van der Waals surface area contributed by atoms with Crippen LogP contribution in [-0.4, -0.2) is 43.8 Å². The van der Waals surface area contributed by atoms with E-state index in [-0.39, 0.29) is 31.1 Å². The van der Waals surface area contributed by atoms with Gasteiger partial charge in [-0.1, -0.05) is 0 Å². The van der Waals surface area contributed by atoms with Crippen LogP contribution in [0.5, 0.6) is 11.5 Å². The fourth-order valence-electron chi connectivity index (χ4n) is 1.34. The molecule has 0 atom stereocenters. The van der Waals surface area contributed by atoms with Gasteiger partial charge in [-0.2, -0.15) is 0 Å². The first-order chi connectivity index (χ1) is 9.04. The molecule has 0 aliphatic carbocycles. The number of nitrogens with two attached hydrogens (primary N) is 1. The van der Waals surface area contributed by atoms with Crippen LogP contribution in [0.15, 0.2) is 18.2 Å². The average Bonchev–Trinajstić information content (AvgIpc) is 2.37. The van der Waals surface area contributed by atoms with Gasteiger partial charge in [0.2, 0.25) is 5.91 Å². The van der Waals surface area contributed by atoms with Crippen molar-refractivity contribution in [3.8, 4) is 11.5 Å². The Kier molecular flexibility index (Phi) is 5.62. The first kappa shape index (κ1) is 14.8. The van der Waals surface area contributed by atoms with Gasteiger partial charge in [-0.15, -0.1) is 0 Å². The van der Waals surface area contributed by atoms with Crippen LogP contribution in [-0.2, 0) is 9.53 Å². The summed E-state index contributed by atoms with van der Waals surface area (Å²) in [6.45, 7) is 0.173. The highest BCUT2D eigenvalue weighted by Gasteiger charge is 2.11. The van der Waals surface area contributed by atoms with Crippen LogP contribution in [0, 0.1) is 0 Å². The molecule has 0 saturated carbocycles. The molecule has 1 aromatic rings. The minimum Gasteiger partial charge on any atom is -0.507 e. The number of amides is 2. The lowest BCUT2D eigenvalue weighted by molar-refractivity contribution is -0.122. The Labute approximate surface area is 110 Å². The van der Waals surface area contributed by atoms with E-state index < -0.39 is 11.8 Å². The zero-order chi connectivity index (χ0) is 14.3. The lowest BCUT2D eigenvalue weighted by Crippen LogP contribution is -2.28. The van der Waals surface area contributed by atoms with E-state index in [1.54, 1.807) is 6.07 Å². The molecule has 1 aromatic carbocycles. The third kappa shape index (κ3) is 4.84. The number of nitrogens with one attached hydrogen (secondary N) is 1. The van der Waals surface area contributed by atoms with Crippen molar-refractivity contribution in [1.29, 1.82) is 0 Å². The number of ether oxygens (including phenoxy) is 2. The molecule has 0 bridgehead atoms. The first-order valence-corrected chi connectivity index (χ1v) is 5.56. The van der Waals surface area contributed by atoms with E-state index in [0.717, 1.165) is 0 Å². The van der Waals surface area contributed by atoms with Gasteiger partial charge in [-0.3, -0.25) is 9.59 Å². The molecule has 0 heterocycles. The number of benzene rings is 1. The molecule has 0 fully saturated rings. The van der Waals surface area contributed by atoms with E-state index >= 15 is 0 Å². The molecule has 0 spiro atoms. The Morgan fingerprint density at radius 3 is 2.74 bits per heavy atom. The monoisotopic (exact) mass is 268 g/mol. The summed E-state index contributed by atoms with van der Waals surface area (Å²) in [7, 11) is 1.46. The van der Waals surface area contributed by atoms with Crippen LogP contribution in [0.4, 0.5) is 0 Å². The molecule has 7 heteroatoms. The Morgan fingerprint density at radius 2 is 2.16 bits per heavy atom. The van der Waals surface area contributed by atoms with E-state index in [2.05, 4.69) is 5.32 Å². The number of hydrogen-bond donors (Lipinski definition) is 3. The Morgan fingerprint density at radius 1 is 1.42 bits per heavy atom. The molecule has 7 nitrogen and oxygen atoms in total. The first-order valence-electron chi connectivity index (χ1n) is 5.56. The van der Waals surface area contributed by atoms with Crippen molar-refractivity contribution in [2.24, 2.45) is 5.73 Å². The van der Waals surface area contributed by atoms with Crippen molar-refractivity contribution in [2.75, 3.05) is 26.9 Å². The van der Waals surface area contributed by atoms with Gasteiger partial charge in [0.1, 0.15) is 18.1 Å². The molecule has 4 N–H and O–H groups in total. The summed E-state index contributed by atoms with van der Waals surface area (Å²) >= 11 is 0. The molecule has 104 valence electrons. The van der Waals surface area contributed by atoms with E-state index in [1.807, 2.05) is 0 Å². The summed E-state index contributed by atoms with van der Waals surface area (Å²) in [4.78, 5) is 22.1. The molecule has 0 aliphatic rings. The molecule has 0 aliphatic heterocycles. The highest BCUT2D eigenvalue weighted by molar-refractivity contribution is 5.96. The highest BCUT2D eigenvalue weighted by Crippen LogP contribution is 2.22. The second kappa shape index (κ2) is 7.22. The average molecular weight is 268 g/mol. The minimum absolute atomic E-state index is 0.135. The normalized spacial score (nSPS) is 9.95. The maximum Gasteiger partial charge on any atom is 0.255 e. The molecular formula is C12H16N2O5. The number of phenols is 1. The largest absolute Gasteiger partial charge is 0.507 e. The van der Waals surface area contributed by atoms with E-state index in [4.69, 9.17) is 15.2 Å². The zero-order valence-electron chi connectivity index (χ0n) is 10.5. The Bertz CT molecular complexity index is 461. The van der Waals surface area contributed by atoms with Gasteiger partial charge in [-0.25, -0.2) is 0 Å². The number of carbonyl (C=O) groups is 2. The number of primary amides is 1. The maximum atomic E-state index is 11.7. The van der Waals surface area contributed by atoms with Gasteiger partial charge in [0.25, 0.3) is 5.91 Å². The lowest BCUT2D eigenvalue weighted by atomic mass is 10.2. The summed E-state index contributed by atoms with van der Waals surface area (Å²) in [6.07, 6.45) is 0. The molecule has 0 radical (unpaired) electrons. The molecule has 19 heavy (non-hydrogen) atoms. The zero-order valence-corrected chi connectivity index (χ0v) is 10.5. The van der Waals surface area contributed by atoms with Gasteiger partial charge < -0.3 is 25.6 Å². The molecule has 1 rings (SSSR count). The Balaban J connectivity index is 2.43. The molecule has 2 amide bonds. The highest BCUT2D eigenvalue weighted by atomic mass is 16.5. The van der Waals surface area contributed by atoms with Crippen LogP contribution >= 0.6 is 0 Å². The van der Waals surface area contributed by atoms with E-state index in [1.165, 1.54) is 19.2 Å². The summed E-state index contributed by atoms with van der Waals surface area (Å²) in [5.74, 6) is -0.726. The predicted molar refractivity (Wildman–Crippen MR) is 67.0 cm³/mol. The summed E-state index contributed by atoms with van der Waals surface area (Å²) in [5.41, 5.74) is 5.01. The van der Waals surface area contributed by atoms with Gasteiger partial charge in [0.05, 0.1) is 19.3 Å². The van der Waals surface area contributed by atoms with E-state index in [0.29, 0.717) is 5.75 Å². The van der Waals surface area contributed by atoms with Crippen LogP contribution in [0.2, 0.25) is 0 Å². The third-order valence-corrected chi connectivity index (χ3v) is 2.23. The number of rotatable bonds is 7. The van der Waals surface area contributed by atoms with Gasteiger partial charge in [0, 0.05) is 12.6 Å². The summed E-state index contributed by atoms with van der Waals surface area (Å²) < 4.78 is 9.79. The van der Waals surface area contributed by atoms with Crippen LogP contribution in [0.3, 0.4) is 0 Å². The number of carbonyl (C=O) groups excluding carboxylic acids is 2. The fourth-order valence-corrected chi connectivity index (χ4v) is 1.34. The second-order valence-electron chi connectivity index (χ2n) is 3.66. The maximum absolute atomic E-state index is 11.7. The molecule has 0 saturated heterocycles. The quantitative estimate of drug-likeness (QED) is 0.584. The van der Waals surface area contributed by atoms with Gasteiger partial charge in [0.15, 0.2) is 0 Å². The molecule has 0 unspecified atom stereocenters. The van der Waals surface area contributed by atoms with E-state index in [9.17, 15) is 14.7 Å². The Hall–Kier alpha value is -2.28. The van der Waals surface area contributed by atoms with Crippen LogP contribution in [0.25, 0.3) is 0 Å². The number of methoxy groups -OCH3 is 1. The fraction of sp³-hybridized carbons (Fsp3) is 0.333. The summed E-state index contributed by atoms with van der Waals surface area (Å²) in [6, 6.07) is 4.37. The van der Waals surface area contributed by atoms with Crippen LogP contribution < -0.4 is 15.8 Å². The minimum atomic E-state index is -0.570. The molecule has 0 aromatic heterocycles. The lowest BCUT2D eigenvalue weighted by Gasteiger charge is -2.08. The van der Waals surface area contributed by atoms with Crippen LogP contribution in [0.1, 0.15) is 10.4 Å². The summed E-state index contributed by atoms with van der Waals surface area (Å²) in [5, 5.41) is 12.2. The van der Waals surface area contributed by atoms with Crippen molar-refractivity contribution in [3.05, 3.63) is 23.8 Å². The van der Waals surface area contributed by atoms with Crippen molar-refractivity contribution in [2.45, 2.75) is 0 Å². The molecular weight excluding hydrogens is 252 g/mol. The van der Waals surface area contributed by atoms with Crippen molar-refractivity contribution in [1.82, 2.24) is 5.32 Å². The van der Waals surface area contributed by atoms with Crippen molar-refractivity contribution in [3.63, 3.8) is 0 Å². The van der Waals surface area contributed by atoms with Crippen molar-refractivity contribution >= 4 is 11.8 Å². The number of aromatic hydroxyl groups is 1. The SMILES string of the molecule is COc1ccc(C(=O)NCCOCC(N)=O)c(O)c1. The van der Waals surface area contributed by atoms with Crippen molar-refractivity contribution < 1.29 is 24.2 Å².